The molecule has 2 N–H and O–H groups in total. The number of carbonyl (C=O) groups is 1. The van der Waals surface area contributed by atoms with E-state index in [4.69, 9.17) is 9.88 Å². The van der Waals surface area contributed by atoms with E-state index in [2.05, 4.69) is 4.84 Å². The van der Waals surface area contributed by atoms with E-state index in [9.17, 15) is 31.7 Å². The molecule has 3 rings (SSSR count). The summed E-state index contributed by atoms with van der Waals surface area (Å²) in [4.78, 5) is 30.2. The summed E-state index contributed by atoms with van der Waals surface area (Å²) in [6.45, 7) is 1.66. The van der Waals surface area contributed by atoms with Crippen LogP contribution in [0.3, 0.4) is 0 Å². The van der Waals surface area contributed by atoms with Gasteiger partial charge in [0.2, 0.25) is 10.0 Å². The first-order valence-electron chi connectivity index (χ1n) is 10.7. The largest absolute Gasteiger partial charge is 0.385 e. The van der Waals surface area contributed by atoms with Crippen molar-refractivity contribution in [2.75, 3.05) is 33.4 Å². The number of methoxy groups -OCH3 is 1. The fourth-order valence-corrected chi connectivity index (χ4v) is 8.23. The molecule has 0 unspecified atom stereocenters. The molecule has 1 amide bonds. The standard InChI is InChI=1S/C20H26N4O9S3/c1-3-23(19(25)15-8-5-4-7-14(15)13-33-24(26)27)17-12-22(9-6-10-32-2)36(30,31)20-16(17)11-18(34-20)35(21,28)29/h4-5,7-8,11,17H,3,6,9-10,12-13H2,1-2H3,(H2,21,28,29)/t17-/m0/s1. The molecule has 198 valence electrons. The molecule has 1 atom stereocenters. The summed E-state index contributed by atoms with van der Waals surface area (Å²) >= 11 is 0.539. The van der Waals surface area contributed by atoms with Crippen LogP contribution >= 0.6 is 11.3 Å². The molecule has 0 saturated heterocycles. The summed E-state index contributed by atoms with van der Waals surface area (Å²) in [5.41, 5.74) is 0.569. The third kappa shape index (κ3) is 5.84. The fourth-order valence-electron chi connectivity index (χ4n) is 3.95. The number of rotatable bonds is 11. The number of amides is 1. The lowest BCUT2D eigenvalue weighted by Crippen LogP contribution is -2.47. The summed E-state index contributed by atoms with van der Waals surface area (Å²) in [6, 6.07) is 6.56. The number of primary sulfonamides is 1. The van der Waals surface area contributed by atoms with Gasteiger partial charge in [-0.25, -0.2) is 22.0 Å². The van der Waals surface area contributed by atoms with Crippen molar-refractivity contribution in [1.82, 2.24) is 9.21 Å². The van der Waals surface area contributed by atoms with Crippen LogP contribution < -0.4 is 5.14 Å². The second kappa shape index (κ2) is 11.2. The molecule has 2 aromatic rings. The maximum atomic E-state index is 13.7. The molecule has 0 aliphatic carbocycles. The Hall–Kier alpha value is -2.63. The van der Waals surface area contributed by atoms with Crippen LogP contribution in [0.15, 0.2) is 38.8 Å². The molecule has 36 heavy (non-hydrogen) atoms. The average molecular weight is 563 g/mol. The van der Waals surface area contributed by atoms with Crippen molar-refractivity contribution in [2.45, 2.75) is 34.4 Å². The van der Waals surface area contributed by atoms with E-state index in [0.29, 0.717) is 24.4 Å². The monoisotopic (exact) mass is 562 g/mol. The smallest absolute Gasteiger partial charge is 0.294 e. The van der Waals surface area contributed by atoms with E-state index in [1.54, 1.807) is 19.1 Å². The third-order valence-electron chi connectivity index (χ3n) is 5.60. The van der Waals surface area contributed by atoms with Crippen LogP contribution in [0.1, 0.15) is 40.9 Å². The lowest BCUT2D eigenvalue weighted by Gasteiger charge is -2.38. The second-order valence-electron chi connectivity index (χ2n) is 7.82. The van der Waals surface area contributed by atoms with Crippen LogP contribution in [0, 0.1) is 10.1 Å². The zero-order valence-corrected chi connectivity index (χ0v) is 22.0. The van der Waals surface area contributed by atoms with Gasteiger partial charge in [-0.3, -0.25) is 4.79 Å². The minimum atomic E-state index is -4.20. The average Bonchev–Trinajstić information content (AvgIpc) is 3.28. The summed E-state index contributed by atoms with van der Waals surface area (Å²) in [5, 5.41) is 15.0. The molecule has 1 aromatic carbocycles. The zero-order chi connectivity index (χ0) is 26.7. The van der Waals surface area contributed by atoms with Crippen molar-refractivity contribution < 1.29 is 36.3 Å². The first-order valence-corrected chi connectivity index (χ1v) is 14.5. The number of hydrogen-bond donors (Lipinski definition) is 1. The van der Waals surface area contributed by atoms with Gasteiger partial charge in [0.05, 0.1) is 6.04 Å². The first kappa shape index (κ1) is 27.9. The van der Waals surface area contributed by atoms with E-state index in [1.165, 1.54) is 34.5 Å². The summed E-state index contributed by atoms with van der Waals surface area (Å²) < 4.78 is 56.4. The maximum absolute atomic E-state index is 13.7. The molecule has 1 aliphatic rings. The Bertz CT molecular complexity index is 1340. The Balaban J connectivity index is 2.08. The number of likely N-dealkylation sites (N-methyl/N-ethyl adjacent to an activating group) is 1. The van der Waals surface area contributed by atoms with Crippen LogP contribution in [0.5, 0.6) is 0 Å². The molecule has 1 aromatic heterocycles. The number of benzene rings is 1. The maximum Gasteiger partial charge on any atom is 0.294 e. The zero-order valence-electron chi connectivity index (χ0n) is 19.5. The van der Waals surface area contributed by atoms with Crippen molar-refractivity contribution in [3.05, 3.63) is 57.1 Å². The Labute approximate surface area is 212 Å². The van der Waals surface area contributed by atoms with Crippen molar-refractivity contribution in [3.8, 4) is 0 Å². The predicted octanol–water partition coefficient (Wildman–Crippen LogP) is 1.35. The number of carbonyl (C=O) groups excluding carboxylic acids is 1. The highest BCUT2D eigenvalue weighted by Gasteiger charge is 2.43. The summed E-state index contributed by atoms with van der Waals surface area (Å²) in [7, 11) is -6.77. The Morgan fingerprint density at radius 2 is 2.06 bits per heavy atom. The van der Waals surface area contributed by atoms with Crippen molar-refractivity contribution in [1.29, 1.82) is 0 Å². The van der Waals surface area contributed by atoms with Crippen LogP contribution in [-0.2, 0) is 36.2 Å². The lowest BCUT2D eigenvalue weighted by atomic mass is 10.0. The topological polar surface area (TPSA) is 179 Å². The molecule has 0 fully saturated rings. The Morgan fingerprint density at radius 1 is 1.36 bits per heavy atom. The van der Waals surface area contributed by atoms with Gasteiger partial charge in [-0.2, -0.15) is 4.31 Å². The van der Waals surface area contributed by atoms with Crippen LogP contribution in [-0.4, -0.2) is 70.4 Å². The molecule has 2 heterocycles. The minimum absolute atomic E-state index is 0.0910. The second-order valence-corrected chi connectivity index (χ2v) is 12.8. The van der Waals surface area contributed by atoms with Crippen LogP contribution in [0.2, 0.25) is 0 Å². The summed E-state index contributed by atoms with van der Waals surface area (Å²) in [6.07, 6.45) is 0.381. The highest BCUT2D eigenvalue weighted by molar-refractivity contribution is 7.94. The van der Waals surface area contributed by atoms with Crippen LogP contribution in [0.4, 0.5) is 0 Å². The van der Waals surface area contributed by atoms with Crippen molar-refractivity contribution in [2.24, 2.45) is 5.14 Å². The molecular weight excluding hydrogens is 536 g/mol. The third-order valence-corrected chi connectivity index (χ3v) is 10.6. The van der Waals surface area contributed by atoms with Gasteiger partial charge in [0.15, 0.2) is 0 Å². The van der Waals surface area contributed by atoms with Gasteiger partial charge in [0.25, 0.3) is 21.0 Å². The number of thiophene rings is 1. The number of ether oxygens (including phenoxy) is 1. The van der Waals surface area contributed by atoms with Gasteiger partial charge in [0, 0.05) is 44.5 Å². The Kier molecular flexibility index (Phi) is 8.68. The fraction of sp³-hybridized carbons (Fsp3) is 0.450. The van der Waals surface area contributed by atoms with Crippen LogP contribution in [0.25, 0.3) is 0 Å². The van der Waals surface area contributed by atoms with E-state index in [-0.39, 0.29) is 44.7 Å². The molecule has 0 spiro atoms. The molecular formula is C20H26N4O9S3. The SMILES string of the molecule is CCN(C(=O)c1ccccc1CO[N+](=O)[O-])[C@H]1CN(CCCOC)S(=O)(=O)c2sc(S(N)(=O)=O)cc21. The highest BCUT2D eigenvalue weighted by Crippen LogP contribution is 2.42. The van der Waals surface area contributed by atoms with Gasteiger partial charge >= 0.3 is 0 Å². The van der Waals surface area contributed by atoms with Crippen molar-refractivity contribution in [3.63, 3.8) is 0 Å². The van der Waals surface area contributed by atoms with Gasteiger partial charge < -0.3 is 14.5 Å². The highest BCUT2D eigenvalue weighted by atomic mass is 32.3. The first-order chi connectivity index (χ1) is 16.9. The normalized spacial score (nSPS) is 17.4. The van der Waals surface area contributed by atoms with E-state index in [0.717, 1.165) is 0 Å². The minimum Gasteiger partial charge on any atom is -0.385 e. The molecule has 13 nitrogen and oxygen atoms in total. The number of hydrogen-bond acceptors (Lipinski definition) is 10. The van der Waals surface area contributed by atoms with Gasteiger partial charge in [-0.1, -0.05) is 18.2 Å². The van der Waals surface area contributed by atoms with E-state index >= 15 is 0 Å². The summed E-state index contributed by atoms with van der Waals surface area (Å²) in [5.74, 6) is -0.518. The molecule has 0 bridgehead atoms. The van der Waals surface area contributed by atoms with E-state index < -0.39 is 43.7 Å². The molecule has 0 saturated carbocycles. The molecule has 0 radical (unpaired) electrons. The Morgan fingerprint density at radius 3 is 2.67 bits per heavy atom. The lowest BCUT2D eigenvalue weighted by molar-refractivity contribution is -0.763. The molecule has 1 aliphatic heterocycles. The quantitative estimate of drug-likeness (QED) is 0.240. The number of nitrogens with zero attached hydrogens (tertiary/aromatic N) is 3. The predicted molar refractivity (Wildman–Crippen MR) is 129 cm³/mol. The van der Waals surface area contributed by atoms with Crippen molar-refractivity contribution >= 4 is 37.3 Å². The van der Waals surface area contributed by atoms with Gasteiger partial charge in [-0.05, 0) is 31.0 Å². The molecule has 16 heteroatoms. The number of sulfonamides is 2. The van der Waals surface area contributed by atoms with E-state index in [1.807, 2.05) is 0 Å². The number of nitrogens with two attached hydrogens (primary N) is 1. The van der Waals surface area contributed by atoms with Gasteiger partial charge in [0.1, 0.15) is 15.0 Å². The number of fused-ring (bicyclic) bond motifs is 1. The van der Waals surface area contributed by atoms with Gasteiger partial charge in [-0.15, -0.1) is 21.5 Å².